The summed E-state index contributed by atoms with van der Waals surface area (Å²) in [6, 6.07) is 5.58. The second-order valence-electron chi connectivity index (χ2n) is 3.24. The predicted octanol–water partition coefficient (Wildman–Crippen LogP) is 2.83. The van der Waals surface area contributed by atoms with Crippen molar-refractivity contribution in [3.05, 3.63) is 35.4 Å². The molecule has 1 atom stereocenters. The third-order valence-electron chi connectivity index (χ3n) is 1.94. The van der Waals surface area contributed by atoms with Crippen LogP contribution in [0.2, 0.25) is 0 Å². The van der Waals surface area contributed by atoms with Crippen molar-refractivity contribution in [2.24, 2.45) is 0 Å². The summed E-state index contributed by atoms with van der Waals surface area (Å²) in [5.74, 6) is -0.670. The number of nitrogens with zero attached hydrogens (tertiary/aromatic N) is 1. The minimum absolute atomic E-state index is 0.204. The van der Waals surface area contributed by atoms with E-state index in [1.165, 1.54) is 0 Å². The Morgan fingerprint density at radius 3 is 2.24 bits per heavy atom. The average Bonchev–Trinajstić information content (AvgIpc) is 2.24. The van der Waals surface area contributed by atoms with E-state index in [9.17, 15) is 18.0 Å². The molecule has 0 aliphatic rings. The Morgan fingerprint density at radius 1 is 1.35 bits per heavy atom. The average molecular weight is 243 g/mol. The lowest BCUT2D eigenvalue weighted by atomic mass is 10.1. The lowest BCUT2D eigenvalue weighted by Crippen LogP contribution is -2.08. The lowest BCUT2D eigenvalue weighted by molar-refractivity contribution is -0.144. The number of halogens is 3. The van der Waals surface area contributed by atoms with Crippen molar-refractivity contribution in [1.29, 1.82) is 5.26 Å². The fourth-order valence-corrected chi connectivity index (χ4v) is 1.18. The largest absolute Gasteiger partial charge is 0.442 e. The van der Waals surface area contributed by atoms with Crippen LogP contribution < -0.4 is 0 Å². The molecule has 0 fully saturated rings. The van der Waals surface area contributed by atoms with E-state index in [1.54, 1.807) is 6.07 Å². The van der Waals surface area contributed by atoms with Gasteiger partial charge in [-0.1, -0.05) is 12.1 Å². The third kappa shape index (κ3) is 3.48. The van der Waals surface area contributed by atoms with Gasteiger partial charge in [0, 0.05) is 12.5 Å². The second kappa shape index (κ2) is 4.87. The highest BCUT2D eigenvalue weighted by Crippen LogP contribution is 2.30. The van der Waals surface area contributed by atoms with Crippen molar-refractivity contribution < 1.29 is 22.7 Å². The first kappa shape index (κ1) is 13.0. The molecule has 0 N–H and O–H groups in total. The van der Waals surface area contributed by atoms with E-state index in [0.717, 1.165) is 31.2 Å². The van der Waals surface area contributed by atoms with Crippen molar-refractivity contribution in [2.45, 2.75) is 19.2 Å². The zero-order chi connectivity index (χ0) is 13.1. The number of hydrogen-bond donors (Lipinski definition) is 0. The summed E-state index contributed by atoms with van der Waals surface area (Å²) >= 11 is 0. The van der Waals surface area contributed by atoms with Gasteiger partial charge in [-0.2, -0.15) is 18.4 Å². The Morgan fingerprint density at radius 2 is 1.88 bits per heavy atom. The van der Waals surface area contributed by atoms with Crippen LogP contribution >= 0.6 is 0 Å². The molecule has 1 rings (SSSR count). The number of benzene rings is 1. The Balaban J connectivity index is 2.94. The normalized spacial score (nSPS) is 12.6. The van der Waals surface area contributed by atoms with Crippen LogP contribution in [0, 0.1) is 11.3 Å². The molecule has 0 saturated carbocycles. The standard InChI is InChI=1S/C11H8F3NO2/c1-7(16)17-10(6-15)8-2-4-9(5-3-8)11(12,13)14/h2-5,10H,1H3/t10-/m1/s1. The molecule has 3 nitrogen and oxygen atoms in total. The third-order valence-corrected chi connectivity index (χ3v) is 1.94. The van der Waals surface area contributed by atoms with Gasteiger partial charge in [0.15, 0.2) is 0 Å². The van der Waals surface area contributed by atoms with Crippen LogP contribution in [-0.2, 0) is 15.7 Å². The lowest BCUT2D eigenvalue weighted by Gasteiger charge is -2.11. The van der Waals surface area contributed by atoms with Gasteiger partial charge in [0.05, 0.1) is 5.56 Å². The molecule has 6 heteroatoms. The summed E-state index contributed by atoms with van der Waals surface area (Å²) in [4.78, 5) is 10.7. The maximum Gasteiger partial charge on any atom is 0.416 e. The number of rotatable bonds is 2. The molecule has 0 aliphatic carbocycles. The van der Waals surface area contributed by atoms with Crippen molar-refractivity contribution in [3.63, 3.8) is 0 Å². The van der Waals surface area contributed by atoms with Gasteiger partial charge in [0.25, 0.3) is 0 Å². The first-order chi connectivity index (χ1) is 7.84. The van der Waals surface area contributed by atoms with Gasteiger partial charge >= 0.3 is 12.1 Å². The van der Waals surface area contributed by atoms with E-state index in [-0.39, 0.29) is 5.56 Å². The summed E-state index contributed by atoms with van der Waals surface area (Å²) in [6.07, 6.45) is -5.61. The number of esters is 1. The van der Waals surface area contributed by atoms with Crippen LogP contribution in [0.15, 0.2) is 24.3 Å². The fraction of sp³-hybridized carbons (Fsp3) is 0.273. The quantitative estimate of drug-likeness (QED) is 0.750. The van der Waals surface area contributed by atoms with Crippen LogP contribution in [0.5, 0.6) is 0 Å². The molecular weight excluding hydrogens is 235 g/mol. The first-order valence-corrected chi connectivity index (χ1v) is 4.58. The van der Waals surface area contributed by atoms with Crippen molar-refractivity contribution >= 4 is 5.97 Å². The summed E-state index contributed by atoms with van der Waals surface area (Å²) in [5.41, 5.74) is -0.614. The van der Waals surface area contributed by atoms with E-state index in [0.29, 0.717) is 0 Å². The SMILES string of the molecule is CC(=O)O[C@H](C#N)c1ccc(C(F)(F)F)cc1. The number of ether oxygens (including phenoxy) is 1. The molecule has 1 aromatic rings. The number of nitriles is 1. The van der Waals surface area contributed by atoms with Crippen LogP contribution in [0.25, 0.3) is 0 Å². The molecule has 0 aromatic heterocycles. The van der Waals surface area contributed by atoms with Gasteiger partial charge in [-0.3, -0.25) is 4.79 Å². The maximum absolute atomic E-state index is 12.3. The van der Waals surface area contributed by atoms with Gasteiger partial charge in [-0.05, 0) is 12.1 Å². The number of carbonyl (C=O) groups is 1. The summed E-state index contributed by atoms with van der Waals surface area (Å²) in [7, 11) is 0. The summed E-state index contributed by atoms with van der Waals surface area (Å²) in [6.45, 7) is 1.12. The molecule has 0 unspecified atom stereocenters. The van der Waals surface area contributed by atoms with Crippen molar-refractivity contribution in [2.75, 3.05) is 0 Å². The monoisotopic (exact) mass is 243 g/mol. The molecule has 0 bridgehead atoms. The molecule has 0 saturated heterocycles. The van der Waals surface area contributed by atoms with Crippen LogP contribution in [-0.4, -0.2) is 5.97 Å². The smallest absolute Gasteiger partial charge is 0.416 e. The summed E-state index contributed by atoms with van der Waals surface area (Å²) in [5, 5.41) is 8.71. The highest BCUT2D eigenvalue weighted by Gasteiger charge is 2.30. The Hall–Kier alpha value is -2.03. The van der Waals surface area contributed by atoms with Gasteiger partial charge in [-0.25, -0.2) is 0 Å². The number of alkyl halides is 3. The van der Waals surface area contributed by atoms with Gasteiger partial charge < -0.3 is 4.74 Å². The van der Waals surface area contributed by atoms with Crippen LogP contribution in [0.1, 0.15) is 24.2 Å². The molecule has 0 radical (unpaired) electrons. The zero-order valence-corrected chi connectivity index (χ0v) is 8.78. The zero-order valence-electron chi connectivity index (χ0n) is 8.78. The van der Waals surface area contributed by atoms with Gasteiger partial charge in [-0.15, -0.1) is 0 Å². The van der Waals surface area contributed by atoms with Crippen LogP contribution in [0.3, 0.4) is 0 Å². The topological polar surface area (TPSA) is 50.1 Å². The molecule has 0 amide bonds. The number of hydrogen-bond acceptors (Lipinski definition) is 3. The Bertz CT molecular complexity index is 445. The summed E-state index contributed by atoms with van der Waals surface area (Å²) < 4.78 is 41.4. The minimum atomic E-state index is -4.43. The molecule has 17 heavy (non-hydrogen) atoms. The molecule has 0 spiro atoms. The van der Waals surface area contributed by atoms with Crippen LogP contribution in [0.4, 0.5) is 13.2 Å². The maximum atomic E-state index is 12.3. The van der Waals surface area contributed by atoms with Crippen molar-refractivity contribution in [3.8, 4) is 6.07 Å². The van der Waals surface area contributed by atoms with E-state index in [4.69, 9.17) is 5.26 Å². The molecular formula is C11H8F3NO2. The highest BCUT2D eigenvalue weighted by atomic mass is 19.4. The van der Waals surface area contributed by atoms with E-state index < -0.39 is 23.8 Å². The molecule has 1 aromatic carbocycles. The minimum Gasteiger partial charge on any atom is -0.442 e. The molecule has 0 heterocycles. The second-order valence-corrected chi connectivity index (χ2v) is 3.24. The Labute approximate surface area is 95.4 Å². The fourth-order valence-electron chi connectivity index (χ4n) is 1.18. The Kier molecular flexibility index (Phi) is 3.73. The van der Waals surface area contributed by atoms with Gasteiger partial charge in [0.2, 0.25) is 6.10 Å². The first-order valence-electron chi connectivity index (χ1n) is 4.58. The molecule has 90 valence electrons. The molecule has 0 aliphatic heterocycles. The van der Waals surface area contributed by atoms with E-state index in [2.05, 4.69) is 4.74 Å². The predicted molar refractivity (Wildman–Crippen MR) is 51.6 cm³/mol. The highest BCUT2D eigenvalue weighted by molar-refractivity contribution is 5.66. The van der Waals surface area contributed by atoms with Gasteiger partial charge in [0.1, 0.15) is 6.07 Å². The van der Waals surface area contributed by atoms with Crippen molar-refractivity contribution in [1.82, 2.24) is 0 Å². The van der Waals surface area contributed by atoms with E-state index >= 15 is 0 Å². The van der Waals surface area contributed by atoms with E-state index in [1.807, 2.05) is 0 Å². The number of carbonyl (C=O) groups excluding carboxylic acids is 1.